The Balaban J connectivity index is 1.67. The van der Waals surface area contributed by atoms with E-state index >= 15 is 0 Å². The Kier molecular flexibility index (Phi) is 4.18. The van der Waals surface area contributed by atoms with E-state index in [0.29, 0.717) is 19.3 Å². The van der Waals surface area contributed by atoms with Gasteiger partial charge in [-0.25, -0.2) is 0 Å². The largest absolute Gasteiger partial charge is 0.396 e. The molecular formula is C17H22N2O3. The van der Waals surface area contributed by atoms with Crippen molar-refractivity contribution >= 4 is 16.8 Å². The number of hydrogen-bond acceptors (Lipinski definition) is 3. The monoisotopic (exact) mass is 302 g/mol. The fourth-order valence-corrected chi connectivity index (χ4v) is 3.43. The number of nitrogens with zero attached hydrogens (tertiary/aromatic N) is 1. The Labute approximate surface area is 129 Å². The summed E-state index contributed by atoms with van der Waals surface area (Å²) in [6.07, 6.45) is 2.96. The molecule has 1 aromatic carbocycles. The molecule has 5 heteroatoms. The van der Waals surface area contributed by atoms with E-state index in [0.717, 1.165) is 16.5 Å². The predicted octanol–water partition coefficient (Wildman–Crippen LogP) is 0.969. The number of hydrogen-bond donors (Lipinski definition) is 3. The van der Waals surface area contributed by atoms with Crippen LogP contribution in [0.5, 0.6) is 0 Å². The summed E-state index contributed by atoms with van der Waals surface area (Å²) in [6, 6.07) is 7.98. The molecule has 0 spiro atoms. The normalized spacial score (nSPS) is 24.8. The summed E-state index contributed by atoms with van der Waals surface area (Å²) in [6.45, 7) is -0.0309. The summed E-state index contributed by atoms with van der Waals surface area (Å²) in [4.78, 5) is 12.3. The summed E-state index contributed by atoms with van der Waals surface area (Å²) >= 11 is 0. The molecule has 3 N–H and O–H groups in total. The van der Waals surface area contributed by atoms with Gasteiger partial charge in [-0.3, -0.25) is 4.79 Å². The minimum atomic E-state index is -0.521. The molecule has 1 aromatic heterocycles. The maximum Gasteiger partial charge on any atom is 0.224 e. The number of carbonyl (C=O) groups is 1. The van der Waals surface area contributed by atoms with Crippen LogP contribution in [0.4, 0.5) is 0 Å². The third kappa shape index (κ3) is 2.87. The molecule has 2 aromatic rings. The first-order valence-electron chi connectivity index (χ1n) is 7.69. The van der Waals surface area contributed by atoms with Gasteiger partial charge in [0.05, 0.1) is 12.5 Å². The topological polar surface area (TPSA) is 74.5 Å². The Morgan fingerprint density at radius 3 is 2.86 bits per heavy atom. The number of aliphatic hydroxyl groups is 2. The number of nitrogens with one attached hydrogen (secondary N) is 1. The second-order valence-corrected chi connectivity index (χ2v) is 6.21. The Hall–Kier alpha value is -1.85. The second-order valence-electron chi connectivity index (χ2n) is 6.21. The van der Waals surface area contributed by atoms with Gasteiger partial charge in [0.25, 0.3) is 0 Å². The zero-order chi connectivity index (χ0) is 15.7. The molecule has 1 fully saturated rings. The molecule has 0 radical (unpaired) electrons. The molecule has 1 aliphatic rings. The SMILES string of the molecule is Cn1cc(CC(=O)N[C@H]2C[C@@H](CO)[C@H](O)C2)c2ccccc21. The van der Waals surface area contributed by atoms with Crippen LogP contribution in [0.1, 0.15) is 18.4 Å². The number of aliphatic hydroxyl groups excluding tert-OH is 2. The summed E-state index contributed by atoms with van der Waals surface area (Å²) < 4.78 is 2.03. The smallest absolute Gasteiger partial charge is 0.224 e. The quantitative estimate of drug-likeness (QED) is 0.788. The van der Waals surface area contributed by atoms with Crippen molar-refractivity contribution in [2.75, 3.05) is 6.61 Å². The first-order valence-corrected chi connectivity index (χ1v) is 7.69. The van der Waals surface area contributed by atoms with Gasteiger partial charge in [-0.15, -0.1) is 0 Å². The first-order chi connectivity index (χ1) is 10.6. The van der Waals surface area contributed by atoms with Crippen molar-refractivity contribution in [3.63, 3.8) is 0 Å². The standard InChI is InChI=1S/C17H22N2O3/c1-19-9-11(14-4-2-3-5-15(14)19)7-17(22)18-13-6-12(10-20)16(21)8-13/h2-5,9,12-13,16,20-21H,6-8,10H2,1H3,(H,18,22)/t12-,13-,16+/m0/s1. The van der Waals surface area contributed by atoms with Crippen LogP contribution in [-0.2, 0) is 18.3 Å². The Morgan fingerprint density at radius 2 is 2.14 bits per heavy atom. The Bertz CT molecular complexity index is 680. The molecule has 1 amide bonds. The summed E-state index contributed by atoms with van der Waals surface area (Å²) in [7, 11) is 1.98. The molecule has 0 saturated heterocycles. The highest BCUT2D eigenvalue weighted by molar-refractivity contribution is 5.89. The van der Waals surface area contributed by atoms with Gasteiger partial charge in [0.15, 0.2) is 0 Å². The van der Waals surface area contributed by atoms with Crippen molar-refractivity contribution in [3.05, 3.63) is 36.0 Å². The summed E-state index contributed by atoms with van der Waals surface area (Å²) in [5.41, 5.74) is 2.12. The number of benzene rings is 1. The van der Waals surface area contributed by atoms with Crippen molar-refractivity contribution in [2.45, 2.75) is 31.4 Å². The third-order valence-electron chi connectivity index (χ3n) is 4.59. The third-order valence-corrected chi connectivity index (χ3v) is 4.59. The molecule has 118 valence electrons. The number of aryl methyl sites for hydroxylation is 1. The fourth-order valence-electron chi connectivity index (χ4n) is 3.43. The molecular weight excluding hydrogens is 280 g/mol. The number of carbonyl (C=O) groups excluding carboxylic acids is 1. The lowest BCUT2D eigenvalue weighted by molar-refractivity contribution is -0.121. The molecule has 3 atom stereocenters. The van der Waals surface area contributed by atoms with Gasteiger partial charge in [0.1, 0.15) is 0 Å². The summed E-state index contributed by atoms with van der Waals surface area (Å²) in [5.74, 6) is -0.157. The Morgan fingerprint density at radius 1 is 1.36 bits per heavy atom. The van der Waals surface area contributed by atoms with E-state index in [-0.39, 0.29) is 24.5 Å². The summed E-state index contributed by atoms with van der Waals surface area (Å²) in [5, 5.41) is 23.0. The lowest BCUT2D eigenvalue weighted by Crippen LogP contribution is -2.34. The van der Waals surface area contributed by atoms with E-state index in [1.165, 1.54) is 0 Å². The van der Waals surface area contributed by atoms with Crippen molar-refractivity contribution in [3.8, 4) is 0 Å². The van der Waals surface area contributed by atoms with Crippen LogP contribution in [0.2, 0.25) is 0 Å². The van der Waals surface area contributed by atoms with E-state index in [2.05, 4.69) is 5.32 Å². The van der Waals surface area contributed by atoms with Crippen molar-refractivity contribution < 1.29 is 15.0 Å². The molecule has 0 bridgehead atoms. The molecule has 3 rings (SSSR count). The van der Waals surface area contributed by atoms with Crippen LogP contribution in [0.25, 0.3) is 10.9 Å². The number of fused-ring (bicyclic) bond motifs is 1. The first kappa shape index (κ1) is 15.1. The van der Waals surface area contributed by atoms with Gasteiger partial charge in [0, 0.05) is 42.7 Å². The lowest BCUT2D eigenvalue weighted by atomic mass is 10.1. The molecule has 1 heterocycles. The fraction of sp³-hybridized carbons (Fsp3) is 0.471. The van der Waals surface area contributed by atoms with E-state index in [9.17, 15) is 9.90 Å². The van der Waals surface area contributed by atoms with Gasteiger partial charge < -0.3 is 20.1 Å². The van der Waals surface area contributed by atoms with Crippen LogP contribution in [-0.4, -0.2) is 39.4 Å². The highest BCUT2D eigenvalue weighted by atomic mass is 16.3. The number of amides is 1. The highest BCUT2D eigenvalue weighted by Crippen LogP contribution is 2.26. The van der Waals surface area contributed by atoms with E-state index in [1.807, 2.05) is 42.1 Å². The van der Waals surface area contributed by atoms with Gasteiger partial charge in [0.2, 0.25) is 5.91 Å². The van der Waals surface area contributed by atoms with Gasteiger partial charge in [-0.05, 0) is 24.5 Å². The number of rotatable bonds is 4. The van der Waals surface area contributed by atoms with Crippen LogP contribution in [0.15, 0.2) is 30.5 Å². The van der Waals surface area contributed by atoms with Crippen LogP contribution >= 0.6 is 0 Å². The number of aromatic nitrogens is 1. The van der Waals surface area contributed by atoms with Gasteiger partial charge in [-0.1, -0.05) is 18.2 Å². The number of para-hydroxylation sites is 1. The van der Waals surface area contributed by atoms with Gasteiger partial charge in [-0.2, -0.15) is 0 Å². The maximum atomic E-state index is 12.3. The molecule has 1 saturated carbocycles. The molecule has 0 aliphatic heterocycles. The zero-order valence-electron chi connectivity index (χ0n) is 12.7. The molecule has 0 unspecified atom stereocenters. The van der Waals surface area contributed by atoms with Crippen LogP contribution in [0, 0.1) is 5.92 Å². The molecule has 1 aliphatic carbocycles. The molecule has 5 nitrogen and oxygen atoms in total. The van der Waals surface area contributed by atoms with Crippen molar-refractivity contribution in [1.82, 2.24) is 9.88 Å². The minimum Gasteiger partial charge on any atom is -0.396 e. The minimum absolute atomic E-state index is 0.0309. The second kappa shape index (κ2) is 6.10. The zero-order valence-corrected chi connectivity index (χ0v) is 12.7. The van der Waals surface area contributed by atoms with Crippen LogP contribution < -0.4 is 5.32 Å². The van der Waals surface area contributed by atoms with Gasteiger partial charge >= 0.3 is 0 Å². The van der Waals surface area contributed by atoms with Crippen molar-refractivity contribution in [1.29, 1.82) is 0 Å². The average Bonchev–Trinajstić information content (AvgIpc) is 3.00. The van der Waals surface area contributed by atoms with Crippen molar-refractivity contribution in [2.24, 2.45) is 13.0 Å². The van der Waals surface area contributed by atoms with Crippen LogP contribution in [0.3, 0.4) is 0 Å². The van der Waals surface area contributed by atoms with E-state index in [1.54, 1.807) is 0 Å². The lowest BCUT2D eigenvalue weighted by Gasteiger charge is -2.12. The maximum absolute atomic E-state index is 12.3. The molecule has 22 heavy (non-hydrogen) atoms. The van der Waals surface area contributed by atoms with E-state index in [4.69, 9.17) is 5.11 Å². The highest BCUT2D eigenvalue weighted by Gasteiger charge is 2.33. The average molecular weight is 302 g/mol. The predicted molar refractivity (Wildman–Crippen MR) is 84.4 cm³/mol. The van der Waals surface area contributed by atoms with E-state index < -0.39 is 6.10 Å².